The molecule has 0 aromatic rings. The average Bonchev–Trinajstić information content (AvgIpc) is 2.15. The Hall–Kier alpha value is -1.28. The number of ether oxygens (including phenoxy) is 1. The fourth-order valence-corrected chi connectivity index (χ4v) is 1.57. The summed E-state index contributed by atoms with van der Waals surface area (Å²) >= 11 is 0. The van der Waals surface area contributed by atoms with Crippen molar-refractivity contribution in [1.82, 2.24) is 10.2 Å². The number of rotatable bonds is 0. The van der Waals surface area contributed by atoms with E-state index in [1.54, 1.807) is 6.92 Å². The van der Waals surface area contributed by atoms with Crippen LogP contribution < -0.4 is 5.32 Å². The van der Waals surface area contributed by atoms with Gasteiger partial charge >= 0.3 is 6.09 Å². The highest BCUT2D eigenvalue weighted by molar-refractivity contribution is 5.70. The number of carbonyl (C=O) groups excluding carboxylic acids is 1. The summed E-state index contributed by atoms with van der Waals surface area (Å²) < 4.78 is 5.28. The lowest BCUT2D eigenvalue weighted by molar-refractivity contribution is 0.00417. The van der Waals surface area contributed by atoms with E-state index in [-0.39, 0.29) is 0 Å². The molecule has 1 rings (SSSR count). The van der Waals surface area contributed by atoms with Gasteiger partial charge in [0.25, 0.3) is 0 Å². The van der Waals surface area contributed by atoms with Gasteiger partial charge in [-0.1, -0.05) is 0 Å². The van der Waals surface area contributed by atoms with E-state index in [0.717, 1.165) is 0 Å². The fourth-order valence-electron chi connectivity index (χ4n) is 1.57. The zero-order chi connectivity index (χ0) is 12.4. The van der Waals surface area contributed by atoms with E-state index >= 15 is 0 Å². The van der Waals surface area contributed by atoms with Crippen molar-refractivity contribution in [2.45, 2.75) is 38.8 Å². The number of nitrogens with zero attached hydrogens (tertiary/aromatic N) is 2. The number of hydrogen-bond acceptors (Lipinski definition) is 4. The molecule has 1 aliphatic heterocycles. The predicted octanol–water partition coefficient (Wildman–Crippen LogP) is 1.11. The number of carbonyl (C=O) groups is 1. The summed E-state index contributed by atoms with van der Waals surface area (Å²) in [6.07, 6.45) is -0.418. The number of hydrogen-bond donors (Lipinski definition) is 1. The molecule has 0 spiro atoms. The lowest BCUT2D eigenvalue weighted by Gasteiger charge is -2.40. The van der Waals surface area contributed by atoms with Crippen LogP contribution in [-0.2, 0) is 4.74 Å². The molecule has 0 saturated carbocycles. The van der Waals surface area contributed by atoms with Gasteiger partial charge < -0.3 is 10.1 Å². The lowest BCUT2D eigenvalue weighted by atomic mass is 10.0. The van der Waals surface area contributed by atoms with E-state index in [1.165, 1.54) is 4.90 Å². The Bertz CT molecular complexity index is 316. The molecule has 5 heteroatoms. The first-order chi connectivity index (χ1) is 7.28. The van der Waals surface area contributed by atoms with E-state index in [0.29, 0.717) is 19.6 Å². The molecule has 1 unspecified atom stereocenters. The van der Waals surface area contributed by atoms with Crippen molar-refractivity contribution >= 4 is 6.09 Å². The average molecular weight is 225 g/mol. The van der Waals surface area contributed by atoms with E-state index in [2.05, 4.69) is 11.4 Å². The molecule has 1 heterocycles. The third-order valence-electron chi connectivity index (χ3n) is 2.43. The number of nitrogens with one attached hydrogen (secondary N) is 1. The zero-order valence-electron chi connectivity index (χ0n) is 10.3. The van der Waals surface area contributed by atoms with E-state index in [9.17, 15) is 4.79 Å². The minimum Gasteiger partial charge on any atom is -0.444 e. The summed E-state index contributed by atoms with van der Waals surface area (Å²) in [5.41, 5.74) is -1.35. The van der Waals surface area contributed by atoms with Crippen molar-refractivity contribution in [3.63, 3.8) is 0 Å². The molecule has 1 atom stereocenters. The maximum Gasteiger partial charge on any atom is 0.411 e. The monoisotopic (exact) mass is 225 g/mol. The second-order valence-corrected chi connectivity index (χ2v) is 5.19. The molecule has 1 aliphatic rings. The van der Waals surface area contributed by atoms with E-state index < -0.39 is 17.2 Å². The zero-order valence-corrected chi connectivity index (χ0v) is 10.3. The van der Waals surface area contributed by atoms with Crippen LogP contribution in [0.15, 0.2) is 0 Å². The van der Waals surface area contributed by atoms with E-state index in [4.69, 9.17) is 10.00 Å². The molecule has 0 aromatic heterocycles. The van der Waals surface area contributed by atoms with Gasteiger partial charge in [0, 0.05) is 19.6 Å². The normalized spacial score (nSPS) is 26.1. The Labute approximate surface area is 96.4 Å². The SMILES string of the molecule is CC(C)(C)OC(=O)N1CCNCC1(C)C#N. The quantitative estimate of drug-likeness (QED) is 0.670. The standard InChI is InChI=1S/C11H19N3O2/c1-10(2,3)16-9(15)14-6-5-13-8-11(14,4)7-12/h13H,5-6,8H2,1-4H3. The van der Waals surface area contributed by atoms with Gasteiger partial charge in [0.05, 0.1) is 6.07 Å². The molecule has 5 nitrogen and oxygen atoms in total. The molecule has 1 N–H and O–H groups in total. The molecular weight excluding hydrogens is 206 g/mol. The van der Waals surface area contributed by atoms with Crippen molar-refractivity contribution in [2.24, 2.45) is 0 Å². The molecule has 0 radical (unpaired) electrons. The van der Waals surface area contributed by atoms with Gasteiger partial charge in [-0.15, -0.1) is 0 Å². The first-order valence-corrected chi connectivity index (χ1v) is 5.41. The Balaban J connectivity index is 2.78. The summed E-state index contributed by atoms with van der Waals surface area (Å²) in [6, 6.07) is 2.16. The Kier molecular flexibility index (Phi) is 3.44. The van der Waals surface area contributed by atoms with Gasteiger partial charge in [-0.3, -0.25) is 4.90 Å². The molecule has 16 heavy (non-hydrogen) atoms. The first-order valence-electron chi connectivity index (χ1n) is 5.41. The number of amides is 1. The van der Waals surface area contributed by atoms with Crippen LogP contribution >= 0.6 is 0 Å². The maximum absolute atomic E-state index is 11.9. The van der Waals surface area contributed by atoms with Crippen molar-refractivity contribution in [3.8, 4) is 6.07 Å². The maximum atomic E-state index is 11.9. The van der Waals surface area contributed by atoms with Crippen LogP contribution in [0.2, 0.25) is 0 Å². The van der Waals surface area contributed by atoms with Crippen LogP contribution in [0.3, 0.4) is 0 Å². The Morgan fingerprint density at radius 1 is 1.56 bits per heavy atom. The molecule has 1 amide bonds. The van der Waals surface area contributed by atoms with Gasteiger partial charge in [-0.05, 0) is 27.7 Å². The van der Waals surface area contributed by atoms with Crippen molar-refractivity contribution in [3.05, 3.63) is 0 Å². The second kappa shape index (κ2) is 4.30. The van der Waals surface area contributed by atoms with Crippen LogP contribution in [0.1, 0.15) is 27.7 Å². The highest BCUT2D eigenvalue weighted by Crippen LogP contribution is 2.20. The topological polar surface area (TPSA) is 65.4 Å². The van der Waals surface area contributed by atoms with Crippen molar-refractivity contribution in [1.29, 1.82) is 5.26 Å². The Morgan fingerprint density at radius 2 is 2.19 bits per heavy atom. The lowest BCUT2D eigenvalue weighted by Crippen LogP contribution is -2.61. The Morgan fingerprint density at radius 3 is 2.69 bits per heavy atom. The highest BCUT2D eigenvalue weighted by atomic mass is 16.6. The minimum absolute atomic E-state index is 0.418. The largest absolute Gasteiger partial charge is 0.444 e. The third kappa shape index (κ3) is 2.86. The van der Waals surface area contributed by atoms with Crippen LogP contribution in [-0.4, -0.2) is 41.8 Å². The highest BCUT2D eigenvalue weighted by Gasteiger charge is 2.39. The first kappa shape index (κ1) is 12.8. The van der Waals surface area contributed by atoms with Crippen LogP contribution in [0.4, 0.5) is 4.79 Å². The molecule has 0 aliphatic carbocycles. The molecule has 90 valence electrons. The van der Waals surface area contributed by atoms with Gasteiger partial charge in [-0.25, -0.2) is 4.79 Å². The summed E-state index contributed by atoms with van der Waals surface area (Å²) in [5, 5.41) is 12.2. The fraction of sp³-hybridized carbons (Fsp3) is 0.818. The second-order valence-electron chi connectivity index (χ2n) is 5.19. The van der Waals surface area contributed by atoms with Crippen molar-refractivity contribution < 1.29 is 9.53 Å². The summed E-state index contributed by atoms with van der Waals surface area (Å²) in [4.78, 5) is 13.4. The van der Waals surface area contributed by atoms with Crippen molar-refractivity contribution in [2.75, 3.05) is 19.6 Å². The van der Waals surface area contributed by atoms with Gasteiger partial charge in [0.2, 0.25) is 0 Å². The minimum atomic E-state index is -0.819. The van der Waals surface area contributed by atoms with Crippen LogP contribution in [0.25, 0.3) is 0 Å². The molecular formula is C11H19N3O2. The number of nitriles is 1. The van der Waals surface area contributed by atoms with Gasteiger partial charge in [0.1, 0.15) is 11.1 Å². The molecule has 1 saturated heterocycles. The van der Waals surface area contributed by atoms with E-state index in [1.807, 2.05) is 20.8 Å². The summed E-state index contributed by atoms with van der Waals surface area (Å²) in [5.74, 6) is 0. The third-order valence-corrected chi connectivity index (χ3v) is 2.43. The number of piperazine rings is 1. The van der Waals surface area contributed by atoms with Crippen LogP contribution in [0, 0.1) is 11.3 Å². The molecule has 0 bridgehead atoms. The molecule has 1 fully saturated rings. The summed E-state index contributed by atoms with van der Waals surface area (Å²) in [6.45, 7) is 8.85. The van der Waals surface area contributed by atoms with Gasteiger partial charge in [0.15, 0.2) is 0 Å². The summed E-state index contributed by atoms with van der Waals surface area (Å²) in [7, 11) is 0. The van der Waals surface area contributed by atoms with Gasteiger partial charge in [-0.2, -0.15) is 5.26 Å². The molecule has 0 aromatic carbocycles. The van der Waals surface area contributed by atoms with Crippen LogP contribution in [0.5, 0.6) is 0 Å². The predicted molar refractivity (Wildman–Crippen MR) is 59.8 cm³/mol. The smallest absolute Gasteiger partial charge is 0.411 e.